The van der Waals surface area contributed by atoms with E-state index in [1.54, 1.807) is 0 Å². The van der Waals surface area contributed by atoms with E-state index < -0.39 is 0 Å². The van der Waals surface area contributed by atoms with Crippen LogP contribution < -0.4 is 5.32 Å². The van der Waals surface area contributed by atoms with E-state index in [1.165, 1.54) is 0 Å². The van der Waals surface area contributed by atoms with E-state index in [2.05, 4.69) is 24.3 Å². The molecule has 1 N–H and O–H groups in total. The molecule has 1 rings (SSSR count). The van der Waals surface area contributed by atoms with Gasteiger partial charge in [0.2, 0.25) is 0 Å². The zero-order chi connectivity index (χ0) is 10.8. The maximum atomic E-state index is 5.94. The highest BCUT2D eigenvalue weighted by atomic mass is 35.5. The molecule has 0 bridgehead atoms. The third kappa shape index (κ3) is 3.00. The number of aryl methyl sites for hydroxylation is 1. The zero-order valence-electron chi connectivity index (χ0n) is 9.26. The summed E-state index contributed by atoms with van der Waals surface area (Å²) in [6, 6.07) is 0. The predicted molar refractivity (Wildman–Crippen MR) is 59.7 cm³/mol. The highest BCUT2D eigenvalue weighted by Crippen LogP contribution is 2.19. The SMILES string of the molecule is CNCC(C)(C)Cn1cc(Cl)c(C)n1. The van der Waals surface area contributed by atoms with Gasteiger partial charge in [-0.15, -0.1) is 0 Å². The van der Waals surface area contributed by atoms with Gasteiger partial charge < -0.3 is 5.32 Å². The molecular formula is C10H18ClN3. The molecule has 14 heavy (non-hydrogen) atoms. The Morgan fingerprint density at radius 3 is 2.64 bits per heavy atom. The lowest BCUT2D eigenvalue weighted by molar-refractivity contribution is 0.283. The molecule has 0 fully saturated rings. The van der Waals surface area contributed by atoms with E-state index in [1.807, 2.05) is 24.9 Å². The molecule has 0 aliphatic carbocycles. The molecule has 0 saturated heterocycles. The monoisotopic (exact) mass is 215 g/mol. The molecule has 0 radical (unpaired) electrons. The van der Waals surface area contributed by atoms with E-state index >= 15 is 0 Å². The number of nitrogens with zero attached hydrogens (tertiary/aromatic N) is 2. The van der Waals surface area contributed by atoms with Crippen molar-refractivity contribution in [2.24, 2.45) is 5.41 Å². The van der Waals surface area contributed by atoms with Gasteiger partial charge in [-0.2, -0.15) is 5.10 Å². The first kappa shape index (κ1) is 11.5. The lowest BCUT2D eigenvalue weighted by Gasteiger charge is -2.23. The van der Waals surface area contributed by atoms with Gasteiger partial charge in [0.25, 0.3) is 0 Å². The molecular weight excluding hydrogens is 198 g/mol. The molecule has 80 valence electrons. The fourth-order valence-electron chi connectivity index (χ4n) is 1.55. The van der Waals surface area contributed by atoms with E-state index in [-0.39, 0.29) is 5.41 Å². The van der Waals surface area contributed by atoms with E-state index in [4.69, 9.17) is 11.6 Å². The van der Waals surface area contributed by atoms with Crippen molar-refractivity contribution >= 4 is 11.6 Å². The lowest BCUT2D eigenvalue weighted by atomic mass is 9.94. The van der Waals surface area contributed by atoms with E-state index in [9.17, 15) is 0 Å². The molecule has 3 nitrogen and oxygen atoms in total. The lowest BCUT2D eigenvalue weighted by Crippen LogP contribution is -2.31. The highest BCUT2D eigenvalue weighted by molar-refractivity contribution is 6.31. The van der Waals surface area contributed by atoms with Crippen LogP contribution in [-0.2, 0) is 6.54 Å². The van der Waals surface area contributed by atoms with Crippen molar-refractivity contribution in [2.45, 2.75) is 27.3 Å². The molecule has 4 heteroatoms. The van der Waals surface area contributed by atoms with E-state index in [0.29, 0.717) is 0 Å². The summed E-state index contributed by atoms with van der Waals surface area (Å²) >= 11 is 5.94. The number of aromatic nitrogens is 2. The summed E-state index contributed by atoms with van der Waals surface area (Å²) in [6.45, 7) is 8.16. The van der Waals surface area contributed by atoms with Crippen LogP contribution in [-0.4, -0.2) is 23.4 Å². The first-order valence-electron chi connectivity index (χ1n) is 4.79. The van der Waals surface area contributed by atoms with Crippen molar-refractivity contribution in [3.63, 3.8) is 0 Å². The Morgan fingerprint density at radius 1 is 1.57 bits per heavy atom. The molecule has 1 aromatic heterocycles. The predicted octanol–water partition coefficient (Wildman–Crippen LogP) is 2.09. The Labute approximate surface area is 90.4 Å². The van der Waals surface area contributed by atoms with Gasteiger partial charge in [-0.05, 0) is 19.4 Å². The summed E-state index contributed by atoms with van der Waals surface area (Å²) in [6.07, 6.45) is 1.88. The van der Waals surface area contributed by atoms with Crippen LogP contribution >= 0.6 is 11.6 Å². The van der Waals surface area contributed by atoms with Crippen LogP contribution in [0.3, 0.4) is 0 Å². The van der Waals surface area contributed by atoms with Gasteiger partial charge in [0.05, 0.1) is 10.7 Å². The fourth-order valence-corrected chi connectivity index (χ4v) is 1.70. The molecule has 0 unspecified atom stereocenters. The van der Waals surface area contributed by atoms with Gasteiger partial charge in [-0.25, -0.2) is 0 Å². The molecule has 0 aromatic carbocycles. The topological polar surface area (TPSA) is 29.9 Å². The smallest absolute Gasteiger partial charge is 0.0814 e. The second-order valence-electron chi connectivity index (χ2n) is 4.45. The minimum atomic E-state index is 0.191. The van der Waals surface area contributed by atoms with Crippen LogP contribution in [0.1, 0.15) is 19.5 Å². The third-order valence-electron chi connectivity index (χ3n) is 2.13. The van der Waals surface area contributed by atoms with Gasteiger partial charge in [-0.1, -0.05) is 25.4 Å². The summed E-state index contributed by atoms with van der Waals surface area (Å²) in [4.78, 5) is 0. The van der Waals surface area contributed by atoms with Crippen molar-refractivity contribution in [3.05, 3.63) is 16.9 Å². The summed E-state index contributed by atoms with van der Waals surface area (Å²) in [5, 5.41) is 8.25. The Kier molecular flexibility index (Phi) is 3.56. The van der Waals surface area contributed by atoms with E-state index in [0.717, 1.165) is 23.8 Å². The van der Waals surface area contributed by atoms with Crippen molar-refractivity contribution < 1.29 is 0 Å². The number of rotatable bonds is 4. The maximum Gasteiger partial charge on any atom is 0.0814 e. The highest BCUT2D eigenvalue weighted by Gasteiger charge is 2.18. The van der Waals surface area contributed by atoms with Gasteiger partial charge in [0.1, 0.15) is 0 Å². The first-order chi connectivity index (χ1) is 6.44. The summed E-state index contributed by atoms with van der Waals surface area (Å²) < 4.78 is 1.91. The number of hydrogen-bond donors (Lipinski definition) is 1. The number of hydrogen-bond acceptors (Lipinski definition) is 2. The summed E-state index contributed by atoms with van der Waals surface area (Å²) in [5.74, 6) is 0. The largest absolute Gasteiger partial charge is 0.319 e. The maximum absolute atomic E-state index is 5.94. The molecule has 1 heterocycles. The first-order valence-corrected chi connectivity index (χ1v) is 5.16. The number of nitrogens with one attached hydrogen (secondary N) is 1. The standard InChI is InChI=1S/C10H18ClN3/c1-8-9(11)5-14(13-8)7-10(2,3)6-12-4/h5,12H,6-7H2,1-4H3. The van der Waals surface area contributed by atoms with Crippen molar-refractivity contribution in [2.75, 3.05) is 13.6 Å². The van der Waals surface area contributed by atoms with Crippen LogP contribution in [0.15, 0.2) is 6.20 Å². The van der Waals surface area contributed by atoms with Crippen LogP contribution in [0.5, 0.6) is 0 Å². The normalized spacial score (nSPS) is 12.1. The molecule has 1 aromatic rings. The van der Waals surface area contributed by atoms with Crippen molar-refractivity contribution in [3.8, 4) is 0 Å². The van der Waals surface area contributed by atoms with Gasteiger partial charge in [-0.3, -0.25) is 4.68 Å². The minimum absolute atomic E-state index is 0.191. The molecule has 0 atom stereocenters. The van der Waals surface area contributed by atoms with Gasteiger partial charge >= 0.3 is 0 Å². The van der Waals surface area contributed by atoms with Crippen LogP contribution in [0, 0.1) is 12.3 Å². The van der Waals surface area contributed by atoms with Crippen LogP contribution in [0.4, 0.5) is 0 Å². The Balaban J connectivity index is 2.68. The van der Waals surface area contributed by atoms with Gasteiger partial charge in [0, 0.05) is 19.3 Å². The zero-order valence-corrected chi connectivity index (χ0v) is 10.0. The van der Waals surface area contributed by atoms with Gasteiger partial charge in [0.15, 0.2) is 0 Å². The summed E-state index contributed by atoms with van der Waals surface area (Å²) in [7, 11) is 1.96. The van der Waals surface area contributed by atoms with Crippen molar-refractivity contribution in [1.29, 1.82) is 0 Å². The average Bonchev–Trinajstić information content (AvgIpc) is 2.29. The molecule has 0 amide bonds. The van der Waals surface area contributed by atoms with Crippen LogP contribution in [0.25, 0.3) is 0 Å². The summed E-state index contributed by atoms with van der Waals surface area (Å²) in [5.41, 5.74) is 1.09. The molecule has 0 aliphatic rings. The fraction of sp³-hybridized carbons (Fsp3) is 0.700. The average molecular weight is 216 g/mol. The Bertz CT molecular complexity index is 285. The Hall–Kier alpha value is -0.540. The third-order valence-corrected chi connectivity index (χ3v) is 2.50. The molecule has 0 aliphatic heterocycles. The van der Waals surface area contributed by atoms with Crippen molar-refractivity contribution in [1.82, 2.24) is 15.1 Å². The molecule has 0 saturated carbocycles. The van der Waals surface area contributed by atoms with Crippen LogP contribution in [0.2, 0.25) is 5.02 Å². The molecule has 0 spiro atoms. The minimum Gasteiger partial charge on any atom is -0.319 e. The number of halogens is 1. The second-order valence-corrected chi connectivity index (χ2v) is 4.86. The Morgan fingerprint density at radius 2 is 2.21 bits per heavy atom. The second kappa shape index (κ2) is 4.32. The quantitative estimate of drug-likeness (QED) is 0.834.